The van der Waals surface area contributed by atoms with Gasteiger partial charge < -0.3 is 15.5 Å². The van der Waals surface area contributed by atoms with Crippen LogP contribution >= 0.6 is 12.4 Å². The van der Waals surface area contributed by atoms with Crippen molar-refractivity contribution in [3.63, 3.8) is 0 Å². The van der Waals surface area contributed by atoms with Gasteiger partial charge in [-0.25, -0.2) is 0 Å². The SMILES string of the molecule is Cl.O=C(NCC1CCCN(C(=O)c2ccccc2C(F)(F)F)C1)C1CCCN1. The Morgan fingerprint density at radius 3 is 2.61 bits per heavy atom. The third-order valence-electron chi connectivity index (χ3n) is 5.21. The molecule has 28 heavy (non-hydrogen) atoms. The smallest absolute Gasteiger partial charge is 0.354 e. The molecule has 0 saturated carbocycles. The summed E-state index contributed by atoms with van der Waals surface area (Å²) < 4.78 is 39.6. The molecule has 2 saturated heterocycles. The van der Waals surface area contributed by atoms with Gasteiger partial charge in [0.2, 0.25) is 5.91 Å². The van der Waals surface area contributed by atoms with E-state index in [1.54, 1.807) is 0 Å². The summed E-state index contributed by atoms with van der Waals surface area (Å²) in [6, 6.07) is 4.72. The molecule has 1 aromatic carbocycles. The molecule has 0 spiro atoms. The fourth-order valence-corrected chi connectivity index (χ4v) is 3.78. The third kappa shape index (κ3) is 5.38. The zero-order valence-corrected chi connectivity index (χ0v) is 16.2. The minimum atomic E-state index is -4.57. The maximum Gasteiger partial charge on any atom is 0.417 e. The van der Waals surface area contributed by atoms with Crippen molar-refractivity contribution in [3.05, 3.63) is 35.4 Å². The van der Waals surface area contributed by atoms with E-state index in [9.17, 15) is 22.8 Å². The lowest BCUT2D eigenvalue weighted by Gasteiger charge is -2.33. The quantitative estimate of drug-likeness (QED) is 0.789. The number of halogens is 4. The van der Waals surface area contributed by atoms with Crippen LogP contribution in [0.5, 0.6) is 0 Å². The minimum absolute atomic E-state index is 0. The van der Waals surface area contributed by atoms with E-state index in [-0.39, 0.29) is 35.8 Å². The van der Waals surface area contributed by atoms with E-state index in [0.29, 0.717) is 26.1 Å². The summed E-state index contributed by atoms with van der Waals surface area (Å²) in [5.41, 5.74) is -1.22. The van der Waals surface area contributed by atoms with Gasteiger partial charge in [-0.2, -0.15) is 13.2 Å². The lowest BCUT2D eigenvalue weighted by molar-refractivity contribution is -0.138. The highest BCUT2D eigenvalue weighted by Crippen LogP contribution is 2.33. The van der Waals surface area contributed by atoms with Gasteiger partial charge in [0, 0.05) is 19.6 Å². The summed E-state index contributed by atoms with van der Waals surface area (Å²) >= 11 is 0. The molecular formula is C19H25ClF3N3O2. The molecule has 0 aromatic heterocycles. The number of nitrogens with one attached hydrogen (secondary N) is 2. The van der Waals surface area contributed by atoms with Gasteiger partial charge >= 0.3 is 6.18 Å². The predicted molar refractivity (Wildman–Crippen MR) is 101 cm³/mol. The molecule has 2 atom stereocenters. The summed E-state index contributed by atoms with van der Waals surface area (Å²) in [5, 5.41) is 6.04. The molecule has 2 amide bonds. The Kier molecular flexibility index (Phi) is 7.71. The van der Waals surface area contributed by atoms with Crippen LogP contribution in [0.25, 0.3) is 0 Å². The van der Waals surface area contributed by atoms with Gasteiger partial charge in [0.15, 0.2) is 0 Å². The number of likely N-dealkylation sites (tertiary alicyclic amines) is 1. The number of hydrogen-bond acceptors (Lipinski definition) is 3. The molecule has 2 N–H and O–H groups in total. The highest BCUT2D eigenvalue weighted by Gasteiger charge is 2.36. The Labute approximate surface area is 168 Å². The maximum atomic E-state index is 13.2. The molecule has 3 rings (SSSR count). The highest BCUT2D eigenvalue weighted by molar-refractivity contribution is 5.96. The van der Waals surface area contributed by atoms with Crippen molar-refractivity contribution in [2.45, 2.75) is 37.9 Å². The summed E-state index contributed by atoms with van der Waals surface area (Å²) in [5.74, 6) is -0.596. The van der Waals surface area contributed by atoms with Crippen LogP contribution in [0, 0.1) is 5.92 Å². The van der Waals surface area contributed by atoms with E-state index in [0.717, 1.165) is 31.9 Å². The normalized spacial score (nSPS) is 22.5. The first-order valence-corrected chi connectivity index (χ1v) is 9.33. The first kappa shape index (κ1) is 22.5. The summed E-state index contributed by atoms with van der Waals surface area (Å²) in [6.45, 7) is 2.05. The van der Waals surface area contributed by atoms with Crippen LogP contribution in [0.15, 0.2) is 24.3 Å². The molecule has 0 radical (unpaired) electrons. The Morgan fingerprint density at radius 1 is 1.18 bits per heavy atom. The molecular weight excluding hydrogens is 395 g/mol. The molecule has 2 heterocycles. The maximum absolute atomic E-state index is 13.2. The second-order valence-electron chi connectivity index (χ2n) is 7.20. The van der Waals surface area contributed by atoms with Gasteiger partial charge in [0.1, 0.15) is 0 Å². The summed E-state index contributed by atoms with van der Waals surface area (Å²) in [7, 11) is 0. The first-order valence-electron chi connectivity index (χ1n) is 9.33. The molecule has 2 aliphatic rings. The van der Waals surface area contributed by atoms with Crippen molar-refractivity contribution in [1.82, 2.24) is 15.5 Å². The minimum Gasteiger partial charge on any atom is -0.354 e. The van der Waals surface area contributed by atoms with Crippen LogP contribution in [-0.4, -0.2) is 48.9 Å². The molecule has 2 aliphatic heterocycles. The van der Waals surface area contributed by atoms with Crippen LogP contribution in [0.2, 0.25) is 0 Å². The van der Waals surface area contributed by atoms with E-state index in [1.807, 2.05) is 0 Å². The van der Waals surface area contributed by atoms with Crippen molar-refractivity contribution in [2.24, 2.45) is 5.92 Å². The topological polar surface area (TPSA) is 61.4 Å². The van der Waals surface area contributed by atoms with Crippen LogP contribution in [0.1, 0.15) is 41.6 Å². The number of amides is 2. The largest absolute Gasteiger partial charge is 0.417 e. The number of carbonyl (C=O) groups is 2. The average Bonchev–Trinajstić information content (AvgIpc) is 3.20. The van der Waals surface area contributed by atoms with Gasteiger partial charge in [-0.3, -0.25) is 9.59 Å². The lowest BCUT2D eigenvalue weighted by Crippen LogP contribution is -2.47. The number of alkyl halides is 3. The number of piperidine rings is 1. The number of hydrogen-bond donors (Lipinski definition) is 2. The van der Waals surface area contributed by atoms with Crippen LogP contribution in [-0.2, 0) is 11.0 Å². The molecule has 0 bridgehead atoms. The van der Waals surface area contributed by atoms with Gasteiger partial charge in [-0.05, 0) is 50.3 Å². The van der Waals surface area contributed by atoms with E-state index >= 15 is 0 Å². The zero-order valence-electron chi connectivity index (χ0n) is 15.4. The fourth-order valence-electron chi connectivity index (χ4n) is 3.78. The van der Waals surface area contributed by atoms with E-state index in [2.05, 4.69) is 10.6 Å². The van der Waals surface area contributed by atoms with Crippen molar-refractivity contribution in [3.8, 4) is 0 Å². The molecule has 156 valence electrons. The Bertz CT molecular complexity index is 693. The Hall–Kier alpha value is -1.80. The predicted octanol–water partition coefficient (Wildman–Crippen LogP) is 2.85. The third-order valence-corrected chi connectivity index (χ3v) is 5.21. The number of rotatable bonds is 4. The Morgan fingerprint density at radius 2 is 1.93 bits per heavy atom. The van der Waals surface area contributed by atoms with E-state index in [4.69, 9.17) is 0 Å². The second-order valence-corrected chi connectivity index (χ2v) is 7.20. The standard InChI is InChI=1S/C19H24F3N3O2.ClH/c20-19(21,22)15-7-2-1-6-14(15)18(27)25-10-4-5-13(12-25)11-24-17(26)16-8-3-9-23-16;/h1-2,6-7,13,16,23H,3-5,8-12H2,(H,24,26);1H. The second kappa shape index (κ2) is 9.60. The zero-order chi connectivity index (χ0) is 19.4. The van der Waals surface area contributed by atoms with Crippen LogP contribution < -0.4 is 10.6 Å². The average molecular weight is 420 g/mol. The number of carbonyl (C=O) groups excluding carboxylic acids is 2. The van der Waals surface area contributed by atoms with E-state index < -0.39 is 17.6 Å². The van der Waals surface area contributed by atoms with Crippen LogP contribution in [0.3, 0.4) is 0 Å². The number of nitrogens with zero attached hydrogens (tertiary/aromatic N) is 1. The van der Waals surface area contributed by atoms with Gasteiger partial charge in [-0.15, -0.1) is 12.4 Å². The first-order chi connectivity index (χ1) is 12.9. The van der Waals surface area contributed by atoms with Gasteiger partial charge in [0.05, 0.1) is 17.2 Å². The van der Waals surface area contributed by atoms with Gasteiger partial charge in [-0.1, -0.05) is 12.1 Å². The molecule has 5 nitrogen and oxygen atoms in total. The van der Waals surface area contributed by atoms with Crippen molar-refractivity contribution in [1.29, 1.82) is 0 Å². The fraction of sp³-hybridized carbons (Fsp3) is 0.579. The van der Waals surface area contributed by atoms with Gasteiger partial charge in [0.25, 0.3) is 5.91 Å². The molecule has 2 unspecified atom stereocenters. The molecule has 9 heteroatoms. The van der Waals surface area contributed by atoms with E-state index in [1.165, 1.54) is 23.1 Å². The highest BCUT2D eigenvalue weighted by atomic mass is 35.5. The van der Waals surface area contributed by atoms with Crippen molar-refractivity contribution in [2.75, 3.05) is 26.2 Å². The van der Waals surface area contributed by atoms with Crippen molar-refractivity contribution < 1.29 is 22.8 Å². The molecule has 2 fully saturated rings. The molecule has 0 aliphatic carbocycles. The van der Waals surface area contributed by atoms with Crippen molar-refractivity contribution >= 4 is 24.2 Å². The van der Waals surface area contributed by atoms with Crippen LogP contribution in [0.4, 0.5) is 13.2 Å². The molecule has 1 aromatic rings. The number of benzene rings is 1. The lowest BCUT2D eigenvalue weighted by atomic mass is 9.96. The summed E-state index contributed by atoms with van der Waals surface area (Å²) in [4.78, 5) is 26.3. The monoisotopic (exact) mass is 419 g/mol. The summed E-state index contributed by atoms with van der Waals surface area (Å²) in [6.07, 6.45) is -1.23. The Balaban J connectivity index is 0.00000280.